The summed E-state index contributed by atoms with van der Waals surface area (Å²) in [5.74, 6) is 0.824. The van der Waals surface area contributed by atoms with Crippen LogP contribution in [0.1, 0.15) is 60.6 Å². The molecule has 2 aromatic rings. The predicted octanol–water partition coefficient (Wildman–Crippen LogP) is 6.37. The van der Waals surface area contributed by atoms with Crippen LogP contribution in [0.5, 0.6) is 0 Å². The van der Waals surface area contributed by atoms with Gasteiger partial charge in [-0.15, -0.1) is 11.6 Å². The Morgan fingerprint density at radius 3 is 2.30 bits per heavy atom. The molecule has 0 N–H and O–H groups in total. The van der Waals surface area contributed by atoms with Gasteiger partial charge in [0.15, 0.2) is 0 Å². The molecule has 1 saturated heterocycles. The van der Waals surface area contributed by atoms with Crippen molar-refractivity contribution in [2.45, 2.75) is 50.3 Å². The highest BCUT2D eigenvalue weighted by atomic mass is 35.5. The molecule has 1 aliphatic rings. The van der Waals surface area contributed by atoms with E-state index >= 15 is 0 Å². The highest BCUT2D eigenvalue weighted by molar-refractivity contribution is 6.30. The quantitative estimate of drug-likeness (QED) is 0.513. The lowest BCUT2D eigenvalue weighted by molar-refractivity contribution is -0.132. The number of rotatable bonds is 6. The standard InChI is InChI=1S/C23H27Cl2NO/c1-17(24)19-7-5-18(6-8-19)3-2-4-23(27)26-15-13-21(14-16-26)20-9-11-22(25)12-10-20/h5-12,17,21H,2-4,13-16H2,1H3. The Morgan fingerprint density at radius 1 is 1.07 bits per heavy atom. The number of benzene rings is 2. The minimum Gasteiger partial charge on any atom is -0.343 e. The Labute approximate surface area is 172 Å². The van der Waals surface area contributed by atoms with Crippen molar-refractivity contribution in [2.24, 2.45) is 0 Å². The smallest absolute Gasteiger partial charge is 0.222 e. The molecule has 0 bridgehead atoms. The number of likely N-dealkylation sites (tertiary alicyclic amines) is 1. The summed E-state index contributed by atoms with van der Waals surface area (Å²) in [6, 6.07) is 16.5. The second-order valence-electron chi connectivity index (χ2n) is 7.42. The highest BCUT2D eigenvalue weighted by Crippen LogP contribution is 2.29. The molecule has 1 amide bonds. The lowest BCUT2D eigenvalue weighted by Crippen LogP contribution is -2.37. The zero-order valence-electron chi connectivity index (χ0n) is 15.8. The van der Waals surface area contributed by atoms with Crippen LogP contribution in [-0.4, -0.2) is 23.9 Å². The first-order valence-electron chi connectivity index (χ1n) is 9.79. The molecule has 27 heavy (non-hydrogen) atoms. The van der Waals surface area contributed by atoms with Gasteiger partial charge in [-0.1, -0.05) is 48.0 Å². The number of aryl methyl sites for hydroxylation is 1. The van der Waals surface area contributed by atoms with E-state index < -0.39 is 0 Å². The van der Waals surface area contributed by atoms with Crippen molar-refractivity contribution in [1.82, 2.24) is 4.90 Å². The normalized spacial score (nSPS) is 16.3. The Kier molecular flexibility index (Phi) is 7.20. The minimum absolute atomic E-state index is 0.0384. The van der Waals surface area contributed by atoms with E-state index in [-0.39, 0.29) is 11.3 Å². The van der Waals surface area contributed by atoms with Gasteiger partial charge < -0.3 is 4.90 Å². The molecule has 1 heterocycles. The van der Waals surface area contributed by atoms with Crippen LogP contribution < -0.4 is 0 Å². The van der Waals surface area contributed by atoms with E-state index in [1.54, 1.807) is 0 Å². The number of nitrogens with zero attached hydrogens (tertiary/aromatic N) is 1. The van der Waals surface area contributed by atoms with Crippen LogP contribution in [0.4, 0.5) is 0 Å². The molecule has 2 nitrogen and oxygen atoms in total. The topological polar surface area (TPSA) is 20.3 Å². The van der Waals surface area contributed by atoms with Gasteiger partial charge in [0.1, 0.15) is 0 Å². The van der Waals surface area contributed by atoms with Gasteiger partial charge in [-0.05, 0) is 67.3 Å². The van der Waals surface area contributed by atoms with Crippen LogP contribution in [-0.2, 0) is 11.2 Å². The summed E-state index contributed by atoms with van der Waals surface area (Å²) >= 11 is 12.1. The van der Waals surface area contributed by atoms with Gasteiger partial charge in [0.05, 0.1) is 5.38 Å². The second-order valence-corrected chi connectivity index (χ2v) is 8.51. The zero-order chi connectivity index (χ0) is 19.2. The summed E-state index contributed by atoms with van der Waals surface area (Å²) in [6.45, 7) is 3.69. The number of piperidine rings is 1. The van der Waals surface area contributed by atoms with Crippen molar-refractivity contribution in [3.8, 4) is 0 Å². The summed E-state index contributed by atoms with van der Waals surface area (Å²) in [5.41, 5.74) is 3.74. The van der Waals surface area contributed by atoms with Crippen LogP contribution in [0.3, 0.4) is 0 Å². The lowest BCUT2D eigenvalue weighted by atomic mass is 9.89. The molecule has 4 heteroatoms. The molecule has 1 atom stereocenters. The lowest BCUT2D eigenvalue weighted by Gasteiger charge is -2.32. The Balaban J connectivity index is 1.41. The van der Waals surface area contributed by atoms with Crippen molar-refractivity contribution in [3.05, 3.63) is 70.2 Å². The van der Waals surface area contributed by atoms with Crippen LogP contribution in [0, 0.1) is 0 Å². The van der Waals surface area contributed by atoms with E-state index in [9.17, 15) is 4.79 Å². The third-order valence-corrected chi connectivity index (χ3v) is 5.99. The fraction of sp³-hybridized carbons (Fsp3) is 0.435. The largest absolute Gasteiger partial charge is 0.343 e. The van der Waals surface area contributed by atoms with Crippen LogP contribution in [0.2, 0.25) is 5.02 Å². The van der Waals surface area contributed by atoms with Gasteiger partial charge in [-0.3, -0.25) is 4.79 Å². The van der Waals surface area contributed by atoms with Gasteiger partial charge in [-0.2, -0.15) is 0 Å². The second kappa shape index (κ2) is 9.61. The summed E-state index contributed by atoms with van der Waals surface area (Å²) in [5, 5.41) is 0.814. The van der Waals surface area contributed by atoms with Crippen LogP contribution in [0.15, 0.2) is 48.5 Å². The average Bonchev–Trinajstić information content (AvgIpc) is 2.69. The monoisotopic (exact) mass is 403 g/mol. The van der Waals surface area contributed by atoms with Gasteiger partial charge >= 0.3 is 0 Å². The van der Waals surface area contributed by atoms with E-state index in [1.807, 2.05) is 24.0 Å². The molecular formula is C23H27Cl2NO. The third kappa shape index (κ3) is 5.73. The molecule has 2 aromatic carbocycles. The number of amides is 1. The number of hydrogen-bond acceptors (Lipinski definition) is 1. The number of carbonyl (C=O) groups excluding carboxylic acids is 1. The van der Waals surface area contributed by atoms with Crippen molar-refractivity contribution < 1.29 is 4.79 Å². The van der Waals surface area contributed by atoms with E-state index in [1.165, 1.54) is 11.1 Å². The van der Waals surface area contributed by atoms with Crippen molar-refractivity contribution in [2.75, 3.05) is 13.1 Å². The molecular weight excluding hydrogens is 377 g/mol. The van der Waals surface area contributed by atoms with Crippen molar-refractivity contribution >= 4 is 29.1 Å². The maximum atomic E-state index is 12.5. The molecule has 0 radical (unpaired) electrons. The number of hydrogen-bond donors (Lipinski definition) is 0. The first kappa shape index (κ1) is 20.2. The summed E-state index contributed by atoms with van der Waals surface area (Å²) < 4.78 is 0. The SMILES string of the molecule is CC(Cl)c1ccc(CCCC(=O)N2CCC(c3ccc(Cl)cc3)CC2)cc1. The van der Waals surface area contributed by atoms with Crippen LogP contribution in [0.25, 0.3) is 0 Å². The first-order chi connectivity index (χ1) is 13.0. The molecule has 3 rings (SSSR count). The number of carbonyl (C=O) groups is 1. The maximum absolute atomic E-state index is 12.5. The first-order valence-corrected chi connectivity index (χ1v) is 10.6. The average molecular weight is 404 g/mol. The molecule has 1 unspecified atom stereocenters. The molecule has 144 valence electrons. The van der Waals surface area contributed by atoms with Gasteiger partial charge in [0.2, 0.25) is 5.91 Å². The number of halogens is 2. The predicted molar refractivity (Wildman–Crippen MR) is 114 cm³/mol. The van der Waals surface area contributed by atoms with Gasteiger partial charge in [0.25, 0.3) is 0 Å². The minimum atomic E-state index is 0.0384. The van der Waals surface area contributed by atoms with Crippen molar-refractivity contribution in [3.63, 3.8) is 0 Å². The Hall–Kier alpha value is -1.51. The Bertz CT molecular complexity index is 732. The third-order valence-electron chi connectivity index (χ3n) is 5.48. The molecule has 0 aliphatic carbocycles. The molecule has 1 fully saturated rings. The zero-order valence-corrected chi connectivity index (χ0v) is 17.3. The fourth-order valence-electron chi connectivity index (χ4n) is 3.75. The van der Waals surface area contributed by atoms with E-state index in [0.717, 1.165) is 49.4 Å². The molecule has 0 saturated carbocycles. The van der Waals surface area contributed by atoms with E-state index in [0.29, 0.717) is 12.3 Å². The summed E-state index contributed by atoms with van der Waals surface area (Å²) in [4.78, 5) is 14.5. The van der Waals surface area contributed by atoms with Gasteiger partial charge in [-0.25, -0.2) is 0 Å². The van der Waals surface area contributed by atoms with Crippen LogP contribution >= 0.6 is 23.2 Å². The van der Waals surface area contributed by atoms with Gasteiger partial charge in [0, 0.05) is 24.5 Å². The van der Waals surface area contributed by atoms with Crippen molar-refractivity contribution in [1.29, 1.82) is 0 Å². The molecule has 0 spiro atoms. The van der Waals surface area contributed by atoms with E-state index in [4.69, 9.17) is 23.2 Å². The molecule has 1 aliphatic heterocycles. The maximum Gasteiger partial charge on any atom is 0.222 e. The fourth-order valence-corrected chi connectivity index (χ4v) is 4.02. The van der Waals surface area contributed by atoms with E-state index in [2.05, 4.69) is 36.4 Å². The summed E-state index contributed by atoms with van der Waals surface area (Å²) in [7, 11) is 0. The Morgan fingerprint density at radius 2 is 1.70 bits per heavy atom. The highest BCUT2D eigenvalue weighted by Gasteiger charge is 2.23. The summed E-state index contributed by atoms with van der Waals surface area (Å²) in [6.07, 6.45) is 4.52. The number of alkyl halides is 1. The molecule has 0 aromatic heterocycles.